The summed E-state index contributed by atoms with van der Waals surface area (Å²) in [5.41, 5.74) is 4.31. The van der Waals surface area contributed by atoms with Gasteiger partial charge in [-0.05, 0) is 60.9 Å². The number of ether oxygens (including phenoxy) is 3. The van der Waals surface area contributed by atoms with E-state index < -0.39 is 0 Å². The first kappa shape index (κ1) is 26.8. The van der Waals surface area contributed by atoms with Gasteiger partial charge in [0.15, 0.2) is 11.5 Å². The first-order valence-electron chi connectivity index (χ1n) is 13.0. The number of hydrogen-bond acceptors (Lipinski definition) is 6. The summed E-state index contributed by atoms with van der Waals surface area (Å²) >= 11 is 0. The molecular formula is C31H32N4O5. The maximum atomic E-state index is 13.8. The van der Waals surface area contributed by atoms with Crippen molar-refractivity contribution in [2.45, 2.75) is 25.9 Å². The van der Waals surface area contributed by atoms with Crippen molar-refractivity contribution in [3.05, 3.63) is 101 Å². The maximum Gasteiger partial charge on any atom is 0.258 e. The molecule has 2 amide bonds. The Morgan fingerprint density at radius 3 is 2.40 bits per heavy atom. The highest BCUT2D eigenvalue weighted by Crippen LogP contribution is 2.36. The normalized spacial score (nSPS) is 14.3. The third-order valence-electron chi connectivity index (χ3n) is 7.11. The van der Waals surface area contributed by atoms with Gasteiger partial charge in [0.25, 0.3) is 11.8 Å². The first-order chi connectivity index (χ1) is 19.4. The average Bonchev–Trinajstić information content (AvgIpc) is 3.41. The highest BCUT2D eigenvalue weighted by atomic mass is 16.5. The van der Waals surface area contributed by atoms with Gasteiger partial charge in [0, 0.05) is 23.9 Å². The number of methoxy groups -OCH3 is 3. The lowest BCUT2D eigenvalue weighted by Crippen LogP contribution is -2.41. The summed E-state index contributed by atoms with van der Waals surface area (Å²) in [6.07, 6.45) is 2.38. The molecule has 9 nitrogen and oxygen atoms in total. The molecule has 1 aromatic heterocycles. The Balaban J connectivity index is 1.48. The molecule has 0 radical (unpaired) electrons. The van der Waals surface area contributed by atoms with Gasteiger partial charge in [-0.25, -0.2) is 0 Å². The molecule has 9 heteroatoms. The Morgan fingerprint density at radius 1 is 0.950 bits per heavy atom. The van der Waals surface area contributed by atoms with E-state index in [1.54, 1.807) is 42.0 Å². The number of carbonyl (C=O) groups excluding carboxylic acids is 2. The Bertz CT molecular complexity index is 1530. The van der Waals surface area contributed by atoms with Crippen LogP contribution in [-0.2, 0) is 6.54 Å². The lowest BCUT2D eigenvalue weighted by molar-refractivity contribution is 0.0931. The fourth-order valence-electron chi connectivity index (χ4n) is 4.94. The molecule has 4 aromatic rings. The summed E-state index contributed by atoms with van der Waals surface area (Å²) in [6, 6.07) is 20.0. The molecule has 40 heavy (non-hydrogen) atoms. The SMILES string of the molecule is COc1ccc(Cn2cc3c(n2)C(NC(=O)c2ccccc2C)CCN3C(=O)c2ccc(OC)c(OC)c2)cc1. The van der Waals surface area contributed by atoms with E-state index in [9.17, 15) is 9.59 Å². The summed E-state index contributed by atoms with van der Waals surface area (Å²) in [5.74, 6) is 1.44. The predicted molar refractivity (Wildman–Crippen MR) is 152 cm³/mol. The molecule has 1 aliphatic heterocycles. The molecule has 1 unspecified atom stereocenters. The molecule has 2 heterocycles. The molecule has 0 saturated carbocycles. The molecule has 0 spiro atoms. The number of anilines is 1. The Morgan fingerprint density at radius 2 is 1.70 bits per heavy atom. The smallest absolute Gasteiger partial charge is 0.258 e. The largest absolute Gasteiger partial charge is 0.497 e. The lowest BCUT2D eigenvalue weighted by Gasteiger charge is -2.31. The van der Waals surface area contributed by atoms with E-state index in [0.717, 1.165) is 16.9 Å². The topological polar surface area (TPSA) is 94.9 Å². The number of fused-ring (bicyclic) bond motifs is 1. The summed E-state index contributed by atoms with van der Waals surface area (Å²) in [7, 11) is 4.72. The van der Waals surface area contributed by atoms with E-state index in [1.807, 2.05) is 61.7 Å². The number of hydrogen-bond donors (Lipinski definition) is 1. The standard InChI is InChI=1S/C31H32N4O5/c1-20-7-5-6-8-24(20)30(36)32-25-15-16-35(31(37)22-11-14-27(39-3)28(17-22)40-4)26-19-34(33-29(25)26)18-21-9-12-23(38-2)13-10-21/h5-14,17,19,25H,15-16,18H2,1-4H3,(H,32,36). The maximum absolute atomic E-state index is 13.8. The predicted octanol–water partition coefficient (Wildman–Crippen LogP) is 4.79. The monoisotopic (exact) mass is 540 g/mol. The van der Waals surface area contributed by atoms with E-state index >= 15 is 0 Å². The van der Waals surface area contributed by atoms with Crippen LogP contribution in [0.3, 0.4) is 0 Å². The second-order valence-electron chi connectivity index (χ2n) is 9.60. The van der Waals surface area contributed by atoms with Crippen molar-refractivity contribution in [1.29, 1.82) is 0 Å². The second kappa shape index (κ2) is 11.5. The molecule has 0 fully saturated rings. The van der Waals surface area contributed by atoms with Crippen molar-refractivity contribution in [2.75, 3.05) is 32.8 Å². The van der Waals surface area contributed by atoms with Gasteiger partial charge in [-0.1, -0.05) is 30.3 Å². The zero-order valence-electron chi connectivity index (χ0n) is 23.0. The molecule has 1 atom stereocenters. The van der Waals surface area contributed by atoms with Crippen LogP contribution in [0.25, 0.3) is 0 Å². The van der Waals surface area contributed by atoms with Crippen LogP contribution in [0.1, 0.15) is 50.0 Å². The molecular weight excluding hydrogens is 508 g/mol. The van der Waals surface area contributed by atoms with E-state index in [1.165, 1.54) is 7.11 Å². The third-order valence-corrected chi connectivity index (χ3v) is 7.11. The molecule has 5 rings (SSSR count). The third kappa shape index (κ3) is 5.36. The van der Waals surface area contributed by atoms with Gasteiger partial charge in [0.05, 0.1) is 39.6 Å². The van der Waals surface area contributed by atoms with Crippen LogP contribution in [-0.4, -0.2) is 49.5 Å². The molecule has 0 bridgehead atoms. The minimum absolute atomic E-state index is 0.168. The van der Waals surface area contributed by atoms with Crippen LogP contribution < -0.4 is 24.4 Å². The number of amides is 2. The summed E-state index contributed by atoms with van der Waals surface area (Å²) in [6.45, 7) is 2.81. The molecule has 0 saturated heterocycles. The van der Waals surface area contributed by atoms with Gasteiger partial charge in [0.1, 0.15) is 11.4 Å². The van der Waals surface area contributed by atoms with Crippen LogP contribution in [0, 0.1) is 6.92 Å². The summed E-state index contributed by atoms with van der Waals surface area (Å²) in [4.78, 5) is 28.7. The number of aryl methyl sites for hydroxylation is 1. The molecule has 1 aliphatic rings. The minimum Gasteiger partial charge on any atom is -0.497 e. The van der Waals surface area contributed by atoms with Crippen molar-refractivity contribution < 1.29 is 23.8 Å². The molecule has 206 valence electrons. The number of benzene rings is 3. The quantitative estimate of drug-likeness (QED) is 0.346. The number of nitrogens with one attached hydrogen (secondary N) is 1. The van der Waals surface area contributed by atoms with Crippen molar-refractivity contribution in [2.24, 2.45) is 0 Å². The Labute approximate surface area is 233 Å². The first-order valence-corrected chi connectivity index (χ1v) is 13.0. The van der Waals surface area contributed by atoms with E-state index in [0.29, 0.717) is 53.5 Å². The van der Waals surface area contributed by atoms with E-state index in [2.05, 4.69) is 5.32 Å². The summed E-state index contributed by atoms with van der Waals surface area (Å²) < 4.78 is 17.8. The molecule has 0 aliphatic carbocycles. The second-order valence-corrected chi connectivity index (χ2v) is 9.60. The Kier molecular flexibility index (Phi) is 7.72. The number of rotatable bonds is 8. The molecule has 1 N–H and O–H groups in total. The van der Waals surface area contributed by atoms with Gasteiger partial charge in [-0.15, -0.1) is 0 Å². The van der Waals surface area contributed by atoms with Gasteiger partial charge in [-0.2, -0.15) is 5.10 Å². The van der Waals surface area contributed by atoms with E-state index in [4.69, 9.17) is 19.3 Å². The average molecular weight is 541 g/mol. The van der Waals surface area contributed by atoms with Crippen LogP contribution in [0.4, 0.5) is 5.69 Å². The van der Waals surface area contributed by atoms with Crippen molar-refractivity contribution in [3.8, 4) is 17.2 Å². The van der Waals surface area contributed by atoms with Crippen LogP contribution in [0.5, 0.6) is 17.2 Å². The highest BCUT2D eigenvalue weighted by molar-refractivity contribution is 6.07. The van der Waals surface area contributed by atoms with Gasteiger partial charge in [-0.3, -0.25) is 14.3 Å². The van der Waals surface area contributed by atoms with Crippen molar-refractivity contribution >= 4 is 17.5 Å². The number of nitrogens with zero attached hydrogens (tertiary/aromatic N) is 3. The van der Waals surface area contributed by atoms with Gasteiger partial charge < -0.3 is 24.4 Å². The van der Waals surface area contributed by atoms with Crippen LogP contribution >= 0.6 is 0 Å². The fourth-order valence-corrected chi connectivity index (χ4v) is 4.94. The number of aromatic nitrogens is 2. The number of carbonyl (C=O) groups is 2. The van der Waals surface area contributed by atoms with E-state index in [-0.39, 0.29) is 17.9 Å². The Hall–Kier alpha value is -4.79. The zero-order chi connectivity index (χ0) is 28.2. The minimum atomic E-state index is -0.353. The van der Waals surface area contributed by atoms with Crippen molar-refractivity contribution in [1.82, 2.24) is 15.1 Å². The fraction of sp³-hybridized carbons (Fsp3) is 0.258. The molecule has 3 aromatic carbocycles. The lowest BCUT2D eigenvalue weighted by atomic mass is 10.0. The van der Waals surface area contributed by atoms with Gasteiger partial charge >= 0.3 is 0 Å². The zero-order valence-corrected chi connectivity index (χ0v) is 23.0. The van der Waals surface area contributed by atoms with Crippen molar-refractivity contribution in [3.63, 3.8) is 0 Å². The van der Waals surface area contributed by atoms with Crippen LogP contribution in [0.2, 0.25) is 0 Å². The highest BCUT2D eigenvalue weighted by Gasteiger charge is 2.34. The van der Waals surface area contributed by atoms with Crippen LogP contribution in [0.15, 0.2) is 72.9 Å². The van der Waals surface area contributed by atoms with Gasteiger partial charge in [0.2, 0.25) is 0 Å². The summed E-state index contributed by atoms with van der Waals surface area (Å²) in [5, 5.41) is 8.01.